The summed E-state index contributed by atoms with van der Waals surface area (Å²) < 4.78 is 25.5. The maximum absolute atomic E-state index is 10.9. The van der Waals surface area contributed by atoms with E-state index in [0.717, 1.165) is 0 Å². The number of nitrogens with one attached hydrogen (secondary N) is 1. The van der Waals surface area contributed by atoms with Gasteiger partial charge in [0.1, 0.15) is 0 Å². The second-order valence-electron chi connectivity index (χ2n) is 2.19. The second-order valence-corrected chi connectivity index (χ2v) is 4.24. The van der Waals surface area contributed by atoms with E-state index in [0.29, 0.717) is 6.54 Å². The number of sulfonamides is 1. The average Bonchev–Trinajstić information content (AvgIpc) is 2.53. The number of nitrogens with zero attached hydrogens (tertiary/aromatic N) is 3. The van der Waals surface area contributed by atoms with Crippen LogP contribution in [0.25, 0.3) is 0 Å². The first kappa shape index (κ1) is 9.14. The Morgan fingerprint density at radius 3 is 2.83 bits per heavy atom. The van der Waals surface area contributed by atoms with Gasteiger partial charge in [0.15, 0.2) is 0 Å². The SMILES string of the molecule is CNS(=O)(=O)CCn1ccnn1. The summed E-state index contributed by atoms with van der Waals surface area (Å²) in [5, 5.41) is 7.17. The van der Waals surface area contributed by atoms with Gasteiger partial charge in [0.2, 0.25) is 10.0 Å². The van der Waals surface area contributed by atoms with E-state index < -0.39 is 10.0 Å². The summed E-state index contributed by atoms with van der Waals surface area (Å²) in [6.45, 7) is 0.323. The van der Waals surface area contributed by atoms with Crippen LogP contribution < -0.4 is 4.72 Å². The fraction of sp³-hybridized carbons (Fsp3) is 0.600. The highest BCUT2D eigenvalue weighted by Crippen LogP contribution is 1.86. The largest absolute Gasteiger partial charge is 0.252 e. The number of rotatable bonds is 4. The third-order valence-electron chi connectivity index (χ3n) is 1.37. The van der Waals surface area contributed by atoms with Gasteiger partial charge in [-0.1, -0.05) is 5.21 Å². The zero-order chi connectivity index (χ0) is 9.03. The first-order valence-electron chi connectivity index (χ1n) is 3.39. The van der Waals surface area contributed by atoms with Gasteiger partial charge in [0.05, 0.1) is 18.5 Å². The summed E-state index contributed by atoms with van der Waals surface area (Å²) in [4.78, 5) is 0. The van der Waals surface area contributed by atoms with Gasteiger partial charge >= 0.3 is 0 Å². The minimum atomic E-state index is -3.13. The monoisotopic (exact) mass is 190 g/mol. The zero-order valence-corrected chi connectivity index (χ0v) is 7.45. The van der Waals surface area contributed by atoms with Crippen molar-refractivity contribution in [3.05, 3.63) is 12.4 Å². The molecule has 12 heavy (non-hydrogen) atoms. The van der Waals surface area contributed by atoms with Crippen molar-refractivity contribution in [3.8, 4) is 0 Å². The zero-order valence-electron chi connectivity index (χ0n) is 6.64. The molecule has 1 aromatic heterocycles. The first-order valence-corrected chi connectivity index (χ1v) is 5.04. The molecule has 0 spiro atoms. The molecule has 1 N–H and O–H groups in total. The Morgan fingerprint density at radius 1 is 1.58 bits per heavy atom. The molecule has 0 saturated carbocycles. The molecule has 0 aliphatic heterocycles. The summed E-state index contributed by atoms with van der Waals surface area (Å²) in [6, 6.07) is 0. The highest BCUT2D eigenvalue weighted by atomic mass is 32.2. The number of hydrogen-bond donors (Lipinski definition) is 1. The van der Waals surface area contributed by atoms with Gasteiger partial charge in [-0.15, -0.1) is 5.10 Å². The van der Waals surface area contributed by atoms with Gasteiger partial charge in [0, 0.05) is 6.20 Å². The first-order chi connectivity index (χ1) is 5.64. The predicted molar refractivity (Wildman–Crippen MR) is 42.9 cm³/mol. The fourth-order valence-electron chi connectivity index (χ4n) is 0.668. The molecular formula is C5H10N4O2S. The third-order valence-corrected chi connectivity index (χ3v) is 2.71. The Kier molecular flexibility index (Phi) is 2.77. The van der Waals surface area contributed by atoms with Crippen molar-refractivity contribution in [2.75, 3.05) is 12.8 Å². The lowest BCUT2D eigenvalue weighted by molar-refractivity contribution is 0.568. The van der Waals surface area contributed by atoms with Crippen molar-refractivity contribution < 1.29 is 8.42 Å². The topological polar surface area (TPSA) is 76.9 Å². The van der Waals surface area contributed by atoms with E-state index in [2.05, 4.69) is 15.0 Å². The van der Waals surface area contributed by atoms with E-state index in [1.54, 1.807) is 6.20 Å². The van der Waals surface area contributed by atoms with Crippen molar-refractivity contribution in [1.82, 2.24) is 19.7 Å². The molecule has 0 atom stereocenters. The Morgan fingerprint density at radius 2 is 2.33 bits per heavy atom. The minimum Gasteiger partial charge on any atom is -0.252 e. The molecule has 0 radical (unpaired) electrons. The van der Waals surface area contributed by atoms with Crippen LogP contribution in [0, 0.1) is 0 Å². The smallest absolute Gasteiger partial charge is 0.213 e. The van der Waals surface area contributed by atoms with E-state index in [1.807, 2.05) is 0 Å². The third kappa shape index (κ3) is 2.59. The highest BCUT2D eigenvalue weighted by molar-refractivity contribution is 7.89. The van der Waals surface area contributed by atoms with E-state index >= 15 is 0 Å². The number of hydrogen-bond acceptors (Lipinski definition) is 4. The molecule has 0 aliphatic rings. The van der Waals surface area contributed by atoms with Gasteiger partial charge in [-0.3, -0.25) is 4.68 Å². The second kappa shape index (κ2) is 3.63. The summed E-state index contributed by atoms with van der Waals surface area (Å²) in [5.74, 6) is 0.0207. The standard InChI is InChI=1S/C5H10N4O2S/c1-6-12(10,11)5-4-9-3-2-7-8-9/h2-3,6H,4-5H2,1H3. The summed E-state index contributed by atoms with van der Waals surface area (Å²) in [7, 11) is -1.75. The van der Waals surface area contributed by atoms with Crippen LogP contribution in [0.2, 0.25) is 0 Å². The van der Waals surface area contributed by atoms with Gasteiger partial charge in [0.25, 0.3) is 0 Å². The summed E-state index contributed by atoms with van der Waals surface area (Å²) >= 11 is 0. The lowest BCUT2D eigenvalue weighted by Crippen LogP contribution is -2.24. The van der Waals surface area contributed by atoms with Crippen LogP contribution in [0.4, 0.5) is 0 Å². The van der Waals surface area contributed by atoms with Crippen LogP contribution in [-0.2, 0) is 16.6 Å². The van der Waals surface area contributed by atoms with Crippen LogP contribution in [0.15, 0.2) is 12.4 Å². The molecule has 1 aromatic rings. The summed E-state index contributed by atoms with van der Waals surface area (Å²) in [6.07, 6.45) is 3.12. The van der Waals surface area contributed by atoms with Crippen molar-refractivity contribution >= 4 is 10.0 Å². The molecule has 1 rings (SSSR count). The van der Waals surface area contributed by atoms with Gasteiger partial charge in [-0.25, -0.2) is 13.1 Å². The van der Waals surface area contributed by atoms with Crippen molar-refractivity contribution in [2.24, 2.45) is 0 Å². The molecule has 0 amide bonds. The molecule has 0 fully saturated rings. The van der Waals surface area contributed by atoms with E-state index in [-0.39, 0.29) is 5.75 Å². The predicted octanol–water partition coefficient (Wildman–Crippen LogP) is -1.17. The van der Waals surface area contributed by atoms with Crippen LogP contribution in [0.3, 0.4) is 0 Å². The highest BCUT2D eigenvalue weighted by Gasteiger charge is 2.06. The lowest BCUT2D eigenvalue weighted by atomic mass is 10.7. The molecule has 0 saturated heterocycles. The molecule has 7 heteroatoms. The van der Waals surface area contributed by atoms with E-state index in [1.165, 1.54) is 17.9 Å². The van der Waals surface area contributed by atoms with Crippen LogP contribution in [0.5, 0.6) is 0 Å². The van der Waals surface area contributed by atoms with Gasteiger partial charge in [-0.05, 0) is 7.05 Å². The minimum absolute atomic E-state index is 0.0207. The van der Waals surface area contributed by atoms with Crippen molar-refractivity contribution in [1.29, 1.82) is 0 Å². The Hall–Kier alpha value is -0.950. The molecule has 6 nitrogen and oxygen atoms in total. The Labute approximate surface area is 70.6 Å². The number of aromatic nitrogens is 3. The van der Waals surface area contributed by atoms with Crippen LogP contribution in [-0.4, -0.2) is 36.2 Å². The Bertz CT molecular complexity index is 317. The van der Waals surface area contributed by atoms with Gasteiger partial charge < -0.3 is 0 Å². The quantitative estimate of drug-likeness (QED) is 0.649. The van der Waals surface area contributed by atoms with Crippen LogP contribution in [0.1, 0.15) is 0 Å². The van der Waals surface area contributed by atoms with Crippen molar-refractivity contribution in [2.45, 2.75) is 6.54 Å². The molecule has 0 aliphatic carbocycles. The van der Waals surface area contributed by atoms with Crippen LogP contribution >= 0.6 is 0 Å². The summed E-state index contributed by atoms with van der Waals surface area (Å²) in [5.41, 5.74) is 0. The van der Waals surface area contributed by atoms with Gasteiger partial charge in [-0.2, -0.15) is 0 Å². The molecule has 0 bridgehead atoms. The lowest BCUT2D eigenvalue weighted by Gasteiger charge is -2.00. The maximum Gasteiger partial charge on any atom is 0.213 e. The fourth-order valence-corrected chi connectivity index (χ4v) is 1.30. The maximum atomic E-state index is 10.9. The molecule has 68 valence electrons. The molecular weight excluding hydrogens is 180 g/mol. The molecule has 0 aromatic carbocycles. The molecule has 0 unspecified atom stereocenters. The van der Waals surface area contributed by atoms with Crippen molar-refractivity contribution in [3.63, 3.8) is 0 Å². The van der Waals surface area contributed by atoms with E-state index in [9.17, 15) is 8.42 Å². The van der Waals surface area contributed by atoms with E-state index in [4.69, 9.17) is 0 Å². The molecule has 1 heterocycles. The Balaban J connectivity index is 2.47. The normalized spacial score (nSPS) is 11.8. The average molecular weight is 190 g/mol. The number of aryl methyl sites for hydroxylation is 1.